The highest BCUT2D eigenvalue weighted by Crippen LogP contribution is 2.23. The van der Waals surface area contributed by atoms with E-state index in [9.17, 15) is 0 Å². The summed E-state index contributed by atoms with van der Waals surface area (Å²) in [4.78, 5) is 4.08. The quantitative estimate of drug-likeness (QED) is 0.743. The van der Waals surface area contributed by atoms with E-state index in [1.807, 2.05) is 6.07 Å². The van der Waals surface area contributed by atoms with Crippen molar-refractivity contribution in [3.05, 3.63) is 35.5 Å². The van der Waals surface area contributed by atoms with Gasteiger partial charge in [0.15, 0.2) is 0 Å². The highest BCUT2D eigenvalue weighted by Gasteiger charge is 2.02. The second-order valence-corrected chi connectivity index (χ2v) is 3.55. The first kappa shape index (κ1) is 9.00. The van der Waals surface area contributed by atoms with Crippen LogP contribution in [0.25, 0.3) is 10.8 Å². The predicted molar refractivity (Wildman–Crippen MR) is 60.3 cm³/mol. The van der Waals surface area contributed by atoms with Gasteiger partial charge in [-0.15, -0.1) is 0 Å². The fourth-order valence-corrected chi connectivity index (χ4v) is 1.78. The van der Waals surface area contributed by atoms with Crippen LogP contribution in [0.1, 0.15) is 18.1 Å². The van der Waals surface area contributed by atoms with Gasteiger partial charge in [0.25, 0.3) is 0 Å². The van der Waals surface area contributed by atoms with Gasteiger partial charge in [0.2, 0.25) is 0 Å². The fraction of sp³-hybridized carbons (Fsp3) is 0.250. The topological polar surface area (TPSA) is 38.9 Å². The van der Waals surface area contributed by atoms with E-state index in [0.29, 0.717) is 5.82 Å². The van der Waals surface area contributed by atoms with E-state index in [1.165, 1.54) is 16.5 Å². The Balaban J connectivity index is 2.79. The van der Waals surface area contributed by atoms with E-state index in [0.717, 1.165) is 11.8 Å². The lowest BCUT2D eigenvalue weighted by Gasteiger charge is -2.07. The van der Waals surface area contributed by atoms with Crippen LogP contribution in [0.2, 0.25) is 0 Å². The fourth-order valence-electron chi connectivity index (χ4n) is 1.78. The molecule has 0 aliphatic carbocycles. The number of nitrogen functional groups attached to an aromatic ring is 1. The van der Waals surface area contributed by atoms with Crippen LogP contribution >= 0.6 is 0 Å². The molecular formula is C12H14N2. The summed E-state index contributed by atoms with van der Waals surface area (Å²) < 4.78 is 0. The largest absolute Gasteiger partial charge is 0.383 e. The first-order valence-corrected chi connectivity index (χ1v) is 4.86. The smallest absolute Gasteiger partial charge is 0.131 e. The van der Waals surface area contributed by atoms with Crippen molar-refractivity contribution in [1.82, 2.24) is 4.98 Å². The van der Waals surface area contributed by atoms with Crippen LogP contribution in [0, 0.1) is 6.92 Å². The van der Waals surface area contributed by atoms with Gasteiger partial charge in [-0.25, -0.2) is 4.98 Å². The van der Waals surface area contributed by atoms with Crippen LogP contribution in [0.5, 0.6) is 0 Å². The third kappa shape index (κ3) is 1.33. The van der Waals surface area contributed by atoms with Crippen molar-refractivity contribution in [2.75, 3.05) is 5.73 Å². The highest BCUT2D eigenvalue weighted by molar-refractivity contribution is 5.91. The summed E-state index contributed by atoms with van der Waals surface area (Å²) in [5.41, 5.74) is 8.47. The zero-order valence-electron chi connectivity index (χ0n) is 8.54. The van der Waals surface area contributed by atoms with Crippen molar-refractivity contribution in [2.24, 2.45) is 0 Å². The van der Waals surface area contributed by atoms with Gasteiger partial charge in [-0.05, 0) is 42.0 Å². The lowest BCUT2D eigenvalue weighted by atomic mass is 10.0. The minimum Gasteiger partial charge on any atom is -0.383 e. The number of pyridine rings is 1. The summed E-state index contributed by atoms with van der Waals surface area (Å²) in [6.45, 7) is 4.28. The van der Waals surface area contributed by atoms with Crippen molar-refractivity contribution < 1.29 is 0 Å². The SMILES string of the molecule is CCc1cc2ccnc(N)c2cc1C. The van der Waals surface area contributed by atoms with E-state index in [2.05, 4.69) is 31.0 Å². The lowest BCUT2D eigenvalue weighted by Crippen LogP contribution is -1.93. The number of benzene rings is 1. The molecule has 1 heterocycles. The molecule has 0 radical (unpaired) electrons. The molecule has 0 spiro atoms. The van der Waals surface area contributed by atoms with Gasteiger partial charge in [-0.1, -0.05) is 13.0 Å². The van der Waals surface area contributed by atoms with Crippen LogP contribution in [0.3, 0.4) is 0 Å². The van der Waals surface area contributed by atoms with E-state index < -0.39 is 0 Å². The normalized spacial score (nSPS) is 10.7. The highest BCUT2D eigenvalue weighted by atomic mass is 14.8. The zero-order valence-corrected chi connectivity index (χ0v) is 8.54. The lowest BCUT2D eigenvalue weighted by molar-refractivity contribution is 1.12. The monoisotopic (exact) mass is 186 g/mol. The van der Waals surface area contributed by atoms with E-state index in [1.54, 1.807) is 6.20 Å². The molecule has 2 nitrogen and oxygen atoms in total. The molecule has 14 heavy (non-hydrogen) atoms. The Morgan fingerprint density at radius 3 is 2.86 bits per heavy atom. The number of aromatic nitrogens is 1. The van der Waals surface area contributed by atoms with Crippen LogP contribution in [0.4, 0.5) is 5.82 Å². The number of anilines is 1. The molecule has 2 aromatic rings. The van der Waals surface area contributed by atoms with Crippen molar-refractivity contribution in [3.63, 3.8) is 0 Å². The molecule has 0 atom stereocenters. The number of rotatable bonds is 1. The van der Waals surface area contributed by atoms with Gasteiger partial charge >= 0.3 is 0 Å². The summed E-state index contributed by atoms with van der Waals surface area (Å²) in [6, 6.07) is 6.32. The standard InChI is InChI=1S/C12H14N2/c1-3-9-7-10-4-5-14-12(13)11(10)6-8(9)2/h4-7H,3H2,1-2H3,(H2,13,14). The van der Waals surface area contributed by atoms with Gasteiger partial charge in [0.1, 0.15) is 5.82 Å². The Hall–Kier alpha value is -1.57. The number of aryl methyl sites for hydroxylation is 2. The molecule has 0 bridgehead atoms. The molecule has 0 aliphatic rings. The van der Waals surface area contributed by atoms with Crippen LogP contribution in [-0.2, 0) is 6.42 Å². The predicted octanol–water partition coefficient (Wildman–Crippen LogP) is 2.69. The molecular weight excluding hydrogens is 172 g/mol. The number of fused-ring (bicyclic) bond motifs is 1. The molecule has 0 aliphatic heterocycles. The minimum absolute atomic E-state index is 0.619. The Bertz CT molecular complexity index is 475. The molecule has 0 amide bonds. The molecule has 0 saturated carbocycles. The molecule has 0 saturated heterocycles. The van der Waals surface area contributed by atoms with Crippen LogP contribution < -0.4 is 5.73 Å². The Morgan fingerprint density at radius 1 is 1.36 bits per heavy atom. The van der Waals surface area contributed by atoms with Crippen LogP contribution in [-0.4, -0.2) is 4.98 Å². The summed E-state index contributed by atoms with van der Waals surface area (Å²) >= 11 is 0. The maximum Gasteiger partial charge on any atom is 0.131 e. The van der Waals surface area contributed by atoms with Gasteiger partial charge in [0, 0.05) is 11.6 Å². The third-order valence-corrected chi connectivity index (χ3v) is 2.63. The molecule has 1 aromatic heterocycles. The first-order chi connectivity index (χ1) is 6.72. The maximum absolute atomic E-state index is 5.81. The number of hydrogen-bond donors (Lipinski definition) is 1. The maximum atomic E-state index is 5.81. The average molecular weight is 186 g/mol. The van der Waals surface area contributed by atoms with E-state index >= 15 is 0 Å². The van der Waals surface area contributed by atoms with Crippen LogP contribution in [0.15, 0.2) is 24.4 Å². The summed E-state index contributed by atoms with van der Waals surface area (Å²) in [6.07, 6.45) is 2.82. The molecule has 1 aromatic carbocycles. The van der Waals surface area contributed by atoms with Gasteiger partial charge in [-0.2, -0.15) is 0 Å². The summed E-state index contributed by atoms with van der Waals surface area (Å²) in [5, 5.41) is 2.24. The van der Waals surface area contributed by atoms with Gasteiger partial charge in [-0.3, -0.25) is 0 Å². The zero-order chi connectivity index (χ0) is 10.1. The van der Waals surface area contributed by atoms with Crippen molar-refractivity contribution in [2.45, 2.75) is 20.3 Å². The molecule has 2 rings (SSSR count). The second kappa shape index (κ2) is 3.29. The number of nitrogens with two attached hydrogens (primary N) is 1. The molecule has 2 N–H and O–H groups in total. The Labute approximate surface area is 83.8 Å². The molecule has 0 unspecified atom stereocenters. The molecule has 72 valence electrons. The minimum atomic E-state index is 0.619. The van der Waals surface area contributed by atoms with Crippen molar-refractivity contribution in [1.29, 1.82) is 0 Å². The van der Waals surface area contributed by atoms with Gasteiger partial charge in [0.05, 0.1) is 0 Å². The number of nitrogens with zero attached hydrogens (tertiary/aromatic N) is 1. The Kier molecular flexibility index (Phi) is 2.12. The second-order valence-electron chi connectivity index (χ2n) is 3.55. The molecule has 0 fully saturated rings. The number of hydrogen-bond acceptors (Lipinski definition) is 2. The van der Waals surface area contributed by atoms with Crippen molar-refractivity contribution in [3.8, 4) is 0 Å². The van der Waals surface area contributed by atoms with E-state index in [-0.39, 0.29) is 0 Å². The summed E-state index contributed by atoms with van der Waals surface area (Å²) in [5.74, 6) is 0.619. The average Bonchev–Trinajstić information content (AvgIpc) is 2.19. The molecule has 2 heteroatoms. The van der Waals surface area contributed by atoms with E-state index in [4.69, 9.17) is 5.73 Å². The van der Waals surface area contributed by atoms with Gasteiger partial charge < -0.3 is 5.73 Å². The van der Waals surface area contributed by atoms with Crippen molar-refractivity contribution >= 4 is 16.6 Å². The third-order valence-electron chi connectivity index (χ3n) is 2.63. The Morgan fingerprint density at radius 2 is 2.14 bits per heavy atom. The summed E-state index contributed by atoms with van der Waals surface area (Å²) in [7, 11) is 0. The first-order valence-electron chi connectivity index (χ1n) is 4.86.